The summed E-state index contributed by atoms with van der Waals surface area (Å²) in [6.45, 7) is 0.388. The number of benzene rings is 2. The zero-order chi connectivity index (χ0) is 13.2. The average Bonchev–Trinajstić information content (AvgIpc) is 2.81. The van der Waals surface area contributed by atoms with E-state index >= 15 is 0 Å². The quantitative estimate of drug-likeness (QED) is 0.774. The highest BCUT2D eigenvalue weighted by molar-refractivity contribution is 9.10. The maximum atomic E-state index is 9.38. The van der Waals surface area contributed by atoms with Gasteiger partial charge in [0.15, 0.2) is 0 Å². The summed E-state index contributed by atoms with van der Waals surface area (Å²) >= 11 is 3.51. The van der Waals surface area contributed by atoms with Gasteiger partial charge < -0.3 is 14.3 Å². The Kier molecular flexibility index (Phi) is 3.17. The lowest BCUT2D eigenvalue weighted by molar-refractivity contribution is 0.304. The van der Waals surface area contributed by atoms with Gasteiger partial charge in [-0.3, -0.25) is 0 Å². The average molecular weight is 319 g/mol. The van der Waals surface area contributed by atoms with Gasteiger partial charge in [0.25, 0.3) is 0 Å². The van der Waals surface area contributed by atoms with E-state index in [-0.39, 0.29) is 5.75 Å². The summed E-state index contributed by atoms with van der Waals surface area (Å²) in [4.78, 5) is 0. The number of fused-ring (bicyclic) bond motifs is 1. The lowest BCUT2D eigenvalue weighted by atomic mass is 10.2. The molecular formula is C15H11BrO3. The highest BCUT2D eigenvalue weighted by Crippen LogP contribution is 2.30. The number of rotatable bonds is 3. The van der Waals surface area contributed by atoms with Gasteiger partial charge in [-0.25, -0.2) is 0 Å². The lowest BCUT2D eigenvalue weighted by Crippen LogP contribution is -1.94. The summed E-state index contributed by atoms with van der Waals surface area (Å²) in [5.74, 6) is 0.817. The Morgan fingerprint density at radius 1 is 1.16 bits per heavy atom. The first-order chi connectivity index (χ1) is 9.24. The van der Waals surface area contributed by atoms with Crippen LogP contribution in [-0.2, 0) is 6.61 Å². The van der Waals surface area contributed by atoms with Gasteiger partial charge in [-0.2, -0.15) is 0 Å². The first-order valence-electron chi connectivity index (χ1n) is 5.80. The molecule has 0 aliphatic heterocycles. The number of halogens is 1. The number of furan rings is 1. The molecule has 0 amide bonds. The summed E-state index contributed by atoms with van der Waals surface area (Å²) in [6.07, 6.45) is 1.69. The standard InChI is InChI=1S/C15H11BrO3/c16-13-5-2-6-14-15(13)10(9-19-14)8-18-12-4-1-3-11(17)7-12/h1-7,9,17H,8H2. The van der Waals surface area contributed by atoms with Crippen molar-refractivity contribution in [3.8, 4) is 11.5 Å². The van der Waals surface area contributed by atoms with E-state index in [2.05, 4.69) is 15.9 Å². The van der Waals surface area contributed by atoms with Crippen LogP contribution in [0.3, 0.4) is 0 Å². The SMILES string of the molecule is Oc1cccc(OCc2coc3cccc(Br)c23)c1. The Labute approximate surface area is 118 Å². The number of hydrogen-bond donors (Lipinski definition) is 1. The molecule has 0 bridgehead atoms. The van der Waals surface area contributed by atoms with Crippen LogP contribution < -0.4 is 4.74 Å². The zero-order valence-corrected chi connectivity index (χ0v) is 11.6. The second kappa shape index (κ2) is 4.97. The largest absolute Gasteiger partial charge is 0.508 e. The fourth-order valence-electron chi connectivity index (χ4n) is 1.95. The molecule has 3 rings (SSSR count). The van der Waals surface area contributed by atoms with Crippen molar-refractivity contribution in [2.75, 3.05) is 0 Å². The topological polar surface area (TPSA) is 42.6 Å². The van der Waals surface area contributed by atoms with Crippen molar-refractivity contribution in [2.45, 2.75) is 6.61 Å². The zero-order valence-electron chi connectivity index (χ0n) is 9.97. The van der Waals surface area contributed by atoms with Crippen LogP contribution in [0.5, 0.6) is 11.5 Å². The van der Waals surface area contributed by atoms with Gasteiger partial charge >= 0.3 is 0 Å². The minimum absolute atomic E-state index is 0.190. The van der Waals surface area contributed by atoms with Crippen LogP contribution in [0.15, 0.2) is 57.6 Å². The molecule has 3 aromatic rings. The smallest absolute Gasteiger partial charge is 0.135 e. The van der Waals surface area contributed by atoms with Crippen molar-refractivity contribution < 1.29 is 14.3 Å². The molecular weight excluding hydrogens is 308 g/mol. The molecule has 0 spiro atoms. The summed E-state index contributed by atoms with van der Waals surface area (Å²) in [5, 5.41) is 10.4. The van der Waals surface area contributed by atoms with Crippen molar-refractivity contribution in [2.24, 2.45) is 0 Å². The Hall–Kier alpha value is -1.94. The predicted octanol–water partition coefficient (Wildman–Crippen LogP) is 4.48. The van der Waals surface area contributed by atoms with E-state index in [9.17, 15) is 5.11 Å². The van der Waals surface area contributed by atoms with E-state index in [4.69, 9.17) is 9.15 Å². The molecule has 0 aliphatic carbocycles. The third kappa shape index (κ3) is 2.44. The van der Waals surface area contributed by atoms with Crippen LogP contribution in [-0.4, -0.2) is 5.11 Å². The molecule has 0 radical (unpaired) electrons. The van der Waals surface area contributed by atoms with Crippen molar-refractivity contribution in [3.05, 3.63) is 58.8 Å². The van der Waals surface area contributed by atoms with Crippen LogP contribution in [0.4, 0.5) is 0 Å². The molecule has 1 aromatic heterocycles. The maximum Gasteiger partial charge on any atom is 0.135 e. The Morgan fingerprint density at radius 2 is 2.00 bits per heavy atom. The van der Waals surface area contributed by atoms with Crippen molar-refractivity contribution >= 4 is 26.9 Å². The predicted molar refractivity (Wildman–Crippen MR) is 76.4 cm³/mol. The maximum absolute atomic E-state index is 9.38. The molecule has 1 heterocycles. The van der Waals surface area contributed by atoms with Crippen molar-refractivity contribution in [1.29, 1.82) is 0 Å². The van der Waals surface area contributed by atoms with Gasteiger partial charge in [-0.05, 0) is 24.3 Å². The van der Waals surface area contributed by atoms with Gasteiger partial charge in [0, 0.05) is 21.5 Å². The van der Waals surface area contributed by atoms with Gasteiger partial charge in [-0.1, -0.05) is 28.1 Å². The van der Waals surface area contributed by atoms with Crippen molar-refractivity contribution in [3.63, 3.8) is 0 Å². The first-order valence-corrected chi connectivity index (χ1v) is 6.60. The van der Waals surface area contributed by atoms with E-state index < -0.39 is 0 Å². The fourth-order valence-corrected chi connectivity index (χ4v) is 2.55. The monoisotopic (exact) mass is 318 g/mol. The van der Waals surface area contributed by atoms with Gasteiger partial charge in [0.2, 0.25) is 0 Å². The number of ether oxygens (including phenoxy) is 1. The molecule has 19 heavy (non-hydrogen) atoms. The Morgan fingerprint density at radius 3 is 2.84 bits per heavy atom. The molecule has 2 aromatic carbocycles. The molecule has 0 saturated carbocycles. The molecule has 0 aliphatic rings. The van der Waals surface area contributed by atoms with Crippen LogP contribution >= 0.6 is 15.9 Å². The lowest BCUT2D eigenvalue weighted by Gasteiger charge is -2.05. The van der Waals surface area contributed by atoms with Gasteiger partial charge in [0.1, 0.15) is 23.7 Å². The van der Waals surface area contributed by atoms with E-state index in [1.54, 1.807) is 30.5 Å². The second-order valence-corrected chi connectivity index (χ2v) is 5.01. The first kappa shape index (κ1) is 12.1. The second-order valence-electron chi connectivity index (χ2n) is 4.16. The number of hydrogen-bond acceptors (Lipinski definition) is 3. The van der Waals surface area contributed by atoms with E-state index in [0.717, 1.165) is 21.0 Å². The van der Waals surface area contributed by atoms with Gasteiger partial charge in [0.05, 0.1) is 6.26 Å². The van der Waals surface area contributed by atoms with Crippen LogP contribution in [0.1, 0.15) is 5.56 Å². The van der Waals surface area contributed by atoms with E-state index in [1.807, 2.05) is 18.2 Å². The molecule has 96 valence electrons. The molecule has 0 fully saturated rings. The summed E-state index contributed by atoms with van der Waals surface area (Å²) in [5.41, 5.74) is 1.79. The van der Waals surface area contributed by atoms with E-state index in [0.29, 0.717) is 12.4 Å². The molecule has 0 atom stereocenters. The van der Waals surface area contributed by atoms with Crippen LogP contribution in [0, 0.1) is 0 Å². The third-order valence-corrected chi connectivity index (χ3v) is 3.50. The number of phenolic OH excluding ortho intramolecular Hbond substituents is 1. The molecule has 1 N–H and O–H groups in total. The Balaban J connectivity index is 1.86. The highest BCUT2D eigenvalue weighted by Gasteiger charge is 2.09. The molecule has 0 unspecified atom stereocenters. The highest BCUT2D eigenvalue weighted by atomic mass is 79.9. The fraction of sp³-hybridized carbons (Fsp3) is 0.0667. The van der Waals surface area contributed by atoms with Gasteiger partial charge in [-0.15, -0.1) is 0 Å². The third-order valence-electron chi connectivity index (χ3n) is 2.84. The molecule has 3 nitrogen and oxygen atoms in total. The van der Waals surface area contributed by atoms with Crippen molar-refractivity contribution in [1.82, 2.24) is 0 Å². The number of aromatic hydroxyl groups is 1. The summed E-state index contributed by atoms with van der Waals surface area (Å²) in [7, 11) is 0. The normalized spacial score (nSPS) is 10.8. The van der Waals surface area contributed by atoms with Crippen LogP contribution in [0.2, 0.25) is 0 Å². The Bertz CT molecular complexity index is 718. The molecule has 4 heteroatoms. The minimum atomic E-state index is 0.190. The molecule has 0 saturated heterocycles. The summed E-state index contributed by atoms with van der Waals surface area (Å²) in [6, 6.07) is 12.5. The van der Waals surface area contributed by atoms with E-state index in [1.165, 1.54) is 0 Å². The summed E-state index contributed by atoms with van der Waals surface area (Å²) < 4.78 is 12.1. The minimum Gasteiger partial charge on any atom is -0.508 e. The van der Waals surface area contributed by atoms with Crippen LogP contribution in [0.25, 0.3) is 11.0 Å². The number of phenols is 1.